The summed E-state index contributed by atoms with van der Waals surface area (Å²) in [6.45, 7) is 0. The first-order valence-electron chi connectivity index (χ1n) is 4.69. The van der Waals surface area contributed by atoms with Gasteiger partial charge in [-0.3, -0.25) is 9.48 Å². The van der Waals surface area contributed by atoms with Crippen LogP contribution in [-0.2, 0) is 7.05 Å². The maximum Gasteiger partial charge on any atom is 0.345 e. The first-order chi connectivity index (χ1) is 8.06. The topological polar surface area (TPSA) is 84.2 Å². The Morgan fingerprint density at radius 3 is 2.76 bits per heavy atom. The number of aromatic nitrogens is 2. The van der Waals surface area contributed by atoms with Crippen LogP contribution in [0.2, 0.25) is 0 Å². The fourth-order valence-corrected chi connectivity index (χ4v) is 1.98. The molecule has 0 unspecified atom stereocenters. The zero-order valence-electron chi connectivity index (χ0n) is 8.88. The summed E-state index contributed by atoms with van der Waals surface area (Å²) in [6.07, 6.45) is 3.03. The van der Waals surface area contributed by atoms with Crippen molar-refractivity contribution >= 4 is 28.2 Å². The van der Waals surface area contributed by atoms with Crippen molar-refractivity contribution in [2.45, 2.75) is 0 Å². The second kappa shape index (κ2) is 4.38. The number of hydrogen-bond acceptors (Lipinski definition) is 4. The molecule has 2 heterocycles. The largest absolute Gasteiger partial charge is 0.477 e. The molecule has 88 valence electrons. The summed E-state index contributed by atoms with van der Waals surface area (Å²) in [5.41, 5.74) is 0.428. The van der Waals surface area contributed by atoms with E-state index in [1.807, 2.05) is 0 Å². The van der Waals surface area contributed by atoms with E-state index in [2.05, 4.69) is 10.4 Å². The lowest BCUT2D eigenvalue weighted by Crippen LogP contribution is -2.09. The second-order valence-electron chi connectivity index (χ2n) is 3.33. The molecule has 6 nitrogen and oxygen atoms in total. The highest BCUT2D eigenvalue weighted by Gasteiger charge is 2.11. The van der Waals surface area contributed by atoms with E-state index in [0.717, 1.165) is 11.3 Å². The van der Waals surface area contributed by atoms with Crippen molar-refractivity contribution in [3.63, 3.8) is 0 Å². The van der Waals surface area contributed by atoms with Gasteiger partial charge < -0.3 is 10.4 Å². The number of amides is 1. The van der Waals surface area contributed by atoms with Gasteiger partial charge in [0.15, 0.2) is 0 Å². The molecule has 0 bridgehead atoms. The third-order valence-electron chi connectivity index (χ3n) is 2.02. The number of anilines is 1. The molecule has 0 aliphatic heterocycles. The van der Waals surface area contributed by atoms with E-state index in [1.165, 1.54) is 16.9 Å². The van der Waals surface area contributed by atoms with Gasteiger partial charge in [-0.2, -0.15) is 5.10 Å². The fraction of sp³-hybridized carbons (Fsp3) is 0.100. The Morgan fingerprint density at radius 2 is 2.24 bits per heavy atom. The monoisotopic (exact) mass is 251 g/mol. The average Bonchev–Trinajstić information content (AvgIpc) is 2.86. The number of aryl methyl sites for hydroxylation is 1. The van der Waals surface area contributed by atoms with E-state index in [-0.39, 0.29) is 10.8 Å². The molecule has 7 heteroatoms. The van der Waals surface area contributed by atoms with Crippen LogP contribution in [0.15, 0.2) is 24.5 Å². The van der Waals surface area contributed by atoms with Gasteiger partial charge >= 0.3 is 5.97 Å². The first kappa shape index (κ1) is 11.3. The lowest BCUT2D eigenvalue weighted by molar-refractivity contribution is 0.0702. The van der Waals surface area contributed by atoms with Crippen LogP contribution >= 0.6 is 11.3 Å². The summed E-state index contributed by atoms with van der Waals surface area (Å²) in [5, 5.41) is 15.7. The molecular weight excluding hydrogens is 242 g/mol. The smallest absolute Gasteiger partial charge is 0.345 e. The van der Waals surface area contributed by atoms with Crippen LogP contribution in [0, 0.1) is 0 Å². The highest BCUT2D eigenvalue weighted by Crippen LogP contribution is 2.22. The van der Waals surface area contributed by atoms with Crippen LogP contribution in [0.1, 0.15) is 20.0 Å². The zero-order valence-corrected chi connectivity index (χ0v) is 9.69. The molecule has 0 saturated carbocycles. The van der Waals surface area contributed by atoms with Crippen LogP contribution in [-0.4, -0.2) is 26.8 Å². The Labute approximate surface area is 100 Å². The molecular formula is C10H9N3O3S. The van der Waals surface area contributed by atoms with Crippen molar-refractivity contribution in [1.29, 1.82) is 0 Å². The maximum atomic E-state index is 11.7. The highest BCUT2D eigenvalue weighted by atomic mass is 32.1. The van der Waals surface area contributed by atoms with E-state index < -0.39 is 5.97 Å². The van der Waals surface area contributed by atoms with Gasteiger partial charge in [0, 0.05) is 13.2 Å². The SMILES string of the molecule is Cn1cc(C(=O)Nc2ccc(C(=O)O)s2)cn1. The molecule has 2 rings (SSSR count). The second-order valence-corrected chi connectivity index (χ2v) is 4.41. The number of hydrogen-bond donors (Lipinski definition) is 2. The normalized spacial score (nSPS) is 10.2. The van der Waals surface area contributed by atoms with Crippen LogP contribution < -0.4 is 5.32 Å². The number of carbonyl (C=O) groups is 2. The van der Waals surface area contributed by atoms with Crippen molar-refractivity contribution < 1.29 is 14.7 Å². The van der Waals surface area contributed by atoms with Crippen molar-refractivity contribution in [2.75, 3.05) is 5.32 Å². The quantitative estimate of drug-likeness (QED) is 0.864. The minimum atomic E-state index is -1.00. The molecule has 0 atom stereocenters. The van der Waals surface area contributed by atoms with Crippen molar-refractivity contribution in [2.24, 2.45) is 7.05 Å². The summed E-state index contributed by atoms with van der Waals surface area (Å²) in [5.74, 6) is -1.31. The van der Waals surface area contributed by atoms with E-state index in [4.69, 9.17) is 5.11 Å². The molecule has 0 aliphatic rings. The molecule has 0 saturated heterocycles. The lowest BCUT2D eigenvalue weighted by Gasteiger charge is -1.98. The Bertz CT molecular complexity index is 573. The number of nitrogens with zero attached hydrogens (tertiary/aromatic N) is 2. The molecule has 17 heavy (non-hydrogen) atoms. The maximum absolute atomic E-state index is 11.7. The third kappa shape index (κ3) is 2.51. The Kier molecular flexibility index (Phi) is 2.92. The molecule has 0 fully saturated rings. The molecule has 2 aromatic heterocycles. The predicted molar refractivity (Wildman–Crippen MR) is 62.4 cm³/mol. The van der Waals surface area contributed by atoms with Crippen LogP contribution in [0.5, 0.6) is 0 Å². The van der Waals surface area contributed by atoms with Gasteiger partial charge in [-0.15, -0.1) is 11.3 Å². The minimum absolute atomic E-state index is 0.187. The Morgan fingerprint density at radius 1 is 1.47 bits per heavy atom. The lowest BCUT2D eigenvalue weighted by atomic mass is 10.3. The highest BCUT2D eigenvalue weighted by molar-refractivity contribution is 7.18. The van der Waals surface area contributed by atoms with E-state index in [1.54, 1.807) is 19.3 Å². The van der Waals surface area contributed by atoms with Crippen LogP contribution in [0.25, 0.3) is 0 Å². The number of rotatable bonds is 3. The van der Waals surface area contributed by atoms with E-state index in [0.29, 0.717) is 10.6 Å². The van der Waals surface area contributed by atoms with E-state index in [9.17, 15) is 9.59 Å². The average molecular weight is 251 g/mol. The van der Waals surface area contributed by atoms with Gasteiger partial charge in [0.25, 0.3) is 5.91 Å². The molecule has 0 radical (unpaired) electrons. The standard InChI is InChI=1S/C10H9N3O3S/c1-13-5-6(4-11-13)9(14)12-8-3-2-7(17-8)10(15)16/h2-5H,1H3,(H,12,14)(H,15,16). The fourth-order valence-electron chi connectivity index (χ4n) is 1.24. The Hall–Kier alpha value is -2.15. The summed E-state index contributed by atoms with van der Waals surface area (Å²) < 4.78 is 1.52. The predicted octanol–water partition coefficient (Wildman–Crippen LogP) is 1.43. The molecule has 0 spiro atoms. The Balaban J connectivity index is 2.10. The number of carboxylic acids is 1. The van der Waals surface area contributed by atoms with Gasteiger partial charge in [-0.25, -0.2) is 4.79 Å². The number of thiophene rings is 1. The van der Waals surface area contributed by atoms with Gasteiger partial charge in [0.05, 0.1) is 16.8 Å². The van der Waals surface area contributed by atoms with Gasteiger partial charge in [0.1, 0.15) is 4.88 Å². The summed E-state index contributed by atoms with van der Waals surface area (Å²) >= 11 is 1.01. The first-order valence-corrected chi connectivity index (χ1v) is 5.51. The number of aromatic carboxylic acids is 1. The van der Waals surface area contributed by atoms with E-state index >= 15 is 0 Å². The minimum Gasteiger partial charge on any atom is -0.477 e. The molecule has 2 N–H and O–H groups in total. The number of nitrogens with one attached hydrogen (secondary N) is 1. The van der Waals surface area contributed by atoms with Gasteiger partial charge in [-0.1, -0.05) is 0 Å². The van der Waals surface area contributed by atoms with Crippen molar-refractivity contribution in [1.82, 2.24) is 9.78 Å². The molecule has 1 amide bonds. The zero-order chi connectivity index (χ0) is 12.4. The molecule has 0 aromatic carbocycles. The summed E-state index contributed by atoms with van der Waals surface area (Å²) in [7, 11) is 1.71. The third-order valence-corrected chi connectivity index (χ3v) is 3.01. The van der Waals surface area contributed by atoms with Gasteiger partial charge in [-0.05, 0) is 12.1 Å². The molecule has 2 aromatic rings. The van der Waals surface area contributed by atoms with Crippen LogP contribution in [0.4, 0.5) is 5.00 Å². The van der Waals surface area contributed by atoms with Crippen molar-refractivity contribution in [3.8, 4) is 0 Å². The van der Waals surface area contributed by atoms with Crippen molar-refractivity contribution in [3.05, 3.63) is 35.0 Å². The molecule has 0 aliphatic carbocycles. The number of carbonyl (C=O) groups excluding carboxylic acids is 1. The summed E-state index contributed by atoms with van der Waals surface area (Å²) in [4.78, 5) is 22.5. The van der Waals surface area contributed by atoms with Crippen LogP contribution in [0.3, 0.4) is 0 Å². The summed E-state index contributed by atoms with van der Waals surface area (Å²) in [6, 6.07) is 3.01. The number of carboxylic acid groups (broad SMARTS) is 1. The van der Waals surface area contributed by atoms with Gasteiger partial charge in [0.2, 0.25) is 0 Å².